The maximum Gasteiger partial charge on any atom is 0.119 e. The lowest BCUT2D eigenvalue weighted by Crippen LogP contribution is -2.34. The smallest absolute Gasteiger partial charge is 0.119 e. The van der Waals surface area contributed by atoms with Gasteiger partial charge in [-0.1, -0.05) is 24.3 Å². The molecule has 0 amide bonds. The van der Waals surface area contributed by atoms with Gasteiger partial charge in [0.15, 0.2) is 0 Å². The molecule has 0 heterocycles. The number of hydrogen-bond donors (Lipinski definition) is 1. The highest BCUT2D eigenvalue weighted by atomic mass is 16.5. The number of hydrogen-bond acceptors (Lipinski definition) is 2. The Hall–Kier alpha value is -1.28. The van der Waals surface area contributed by atoms with E-state index >= 15 is 0 Å². The number of benzene rings is 1. The van der Waals surface area contributed by atoms with Crippen LogP contribution in [0.1, 0.15) is 25.3 Å². The first kappa shape index (κ1) is 12.2. The third kappa shape index (κ3) is 2.52. The summed E-state index contributed by atoms with van der Waals surface area (Å²) in [5.74, 6) is 0.960. The van der Waals surface area contributed by atoms with Crippen LogP contribution in [-0.2, 0) is 5.41 Å². The van der Waals surface area contributed by atoms with Crippen LogP contribution >= 0.6 is 0 Å². The molecule has 1 aliphatic carbocycles. The van der Waals surface area contributed by atoms with Crippen LogP contribution < -0.4 is 10.1 Å². The molecule has 0 fully saturated rings. The van der Waals surface area contributed by atoms with Gasteiger partial charge in [-0.25, -0.2) is 0 Å². The molecule has 0 radical (unpaired) electrons. The van der Waals surface area contributed by atoms with Crippen molar-refractivity contribution in [1.29, 1.82) is 0 Å². The SMILES string of the molecule is CCOc1ccc(C2(CNC)CC=CC2)cc1. The van der Waals surface area contributed by atoms with Crippen molar-refractivity contribution in [3.05, 3.63) is 42.0 Å². The first-order chi connectivity index (χ1) is 8.30. The Morgan fingerprint density at radius 3 is 2.35 bits per heavy atom. The number of nitrogens with one attached hydrogen (secondary N) is 1. The van der Waals surface area contributed by atoms with E-state index in [9.17, 15) is 0 Å². The van der Waals surface area contributed by atoms with Crippen molar-refractivity contribution in [2.45, 2.75) is 25.2 Å². The van der Waals surface area contributed by atoms with E-state index in [4.69, 9.17) is 4.74 Å². The summed E-state index contributed by atoms with van der Waals surface area (Å²) in [6, 6.07) is 8.56. The molecule has 0 aromatic heterocycles. The van der Waals surface area contributed by atoms with Crippen LogP contribution in [0.4, 0.5) is 0 Å². The van der Waals surface area contributed by atoms with Gasteiger partial charge in [-0.2, -0.15) is 0 Å². The molecule has 2 heteroatoms. The number of ether oxygens (including phenoxy) is 1. The van der Waals surface area contributed by atoms with Gasteiger partial charge in [0, 0.05) is 12.0 Å². The normalized spacial score (nSPS) is 17.3. The molecule has 0 atom stereocenters. The molecule has 1 aromatic carbocycles. The van der Waals surface area contributed by atoms with E-state index in [2.05, 4.69) is 41.7 Å². The topological polar surface area (TPSA) is 21.3 Å². The highest BCUT2D eigenvalue weighted by Crippen LogP contribution is 2.37. The first-order valence-electron chi connectivity index (χ1n) is 6.34. The maximum atomic E-state index is 5.49. The zero-order valence-electron chi connectivity index (χ0n) is 10.7. The summed E-state index contributed by atoms with van der Waals surface area (Å²) in [5, 5.41) is 3.32. The lowest BCUT2D eigenvalue weighted by Gasteiger charge is -2.29. The summed E-state index contributed by atoms with van der Waals surface area (Å²) in [7, 11) is 2.02. The van der Waals surface area contributed by atoms with Gasteiger partial charge in [-0.15, -0.1) is 0 Å². The fourth-order valence-electron chi connectivity index (χ4n) is 2.59. The van der Waals surface area contributed by atoms with Crippen LogP contribution in [0.5, 0.6) is 5.75 Å². The molecule has 17 heavy (non-hydrogen) atoms. The lowest BCUT2D eigenvalue weighted by atomic mass is 9.78. The molecular weight excluding hydrogens is 210 g/mol. The molecule has 1 aliphatic rings. The van der Waals surface area contributed by atoms with Crippen molar-refractivity contribution in [1.82, 2.24) is 5.32 Å². The minimum absolute atomic E-state index is 0.249. The average Bonchev–Trinajstić information content (AvgIpc) is 2.81. The summed E-state index contributed by atoms with van der Waals surface area (Å²) < 4.78 is 5.49. The van der Waals surface area contributed by atoms with Crippen LogP contribution in [0.15, 0.2) is 36.4 Å². The highest BCUT2D eigenvalue weighted by molar-refractivity contribution is 5.35. The monoisotopic (exact) mass is 231 g/mol. The van der Waals surface area contributed by atoms with Crippen molar-refractivity contribution < 1.29 is 4.74 Å². The van der Waals surface area contributed by atoms with Crippen LogP contribution in [0.2, 0.25) is 0 Å². The number of rotatable bonds is 5. The third-order valence-corrected chi connectivity index (χ3v) is 3.48. The molecule has 0 bridgehead atoms. The highest BCUT2D eigenvalue weighted by Gasteiger charge is 2.31. The van der Waals surface area contributed by atoms with Crippen LogP contribution in [-0.4, -0.2) is 20.2 Å². The molecule has 0 aliphatic heterocycles. The summed E-state index contributed by atoms with van der Waals surface area (Å²) in [5.41, 5.74) is 1.65. The predicted molar refractivity (Wildman–Crippen MR) is 71.6 cm³/mol. The minimum Gasteiger partial charge on any atom is -0.494 e. The van der Waals surface area contributed by atoms with Crippen LogP contribution in [0, 0.1) is 0 Å². The maximum absolute atomic E-state index is 5.49. The zero-order chi connectivity index (χ0) is 12.1. The van der Waals surface area contributed by atoms with E-state index in [-0.39, 0.29) is 5.41 Å². The Morgan fingerprint density at radius 1 is 1.18 bits per heavy atom. The van der Waals surface area contributed by atoms with Gasteiger partial charge in [0.05, 0.1) is 6.61 Å². The average molecular weight is 231 g/mol. The fraction of sp³-hybridized carbons (Fsp3) is 0.467. The molecule has 2 rings (SSSR count). The van der Waals surface area contributed by atoms with Gasteiger partial charge < -0.3 is 10.1 Å². The van der Waals surface area contributed by atoms with Crippen molar-refractivity contribution in [3.63, 3.8) is 0 Å². The van der Waals surface area contributed by atoms with Gasteiger partial charge >= 0.3 is 0 Å². The van der Waals surface area contributed by atoms with E-state index in [1.54, 1.807) is 0 Å². The lowest BCUT2D eigenvalue weighted by molar-refractivity contribution is 0.339. The zero-order valence-corrected chi connectivity index (χ0v) is 10.7. The molecule has 0 saturated heterocycles. The van der Waals surface area contributed by atoms with E-state index in [1.807, 2.05) is 14.0 Å². The Bertz CT molecular complexity index is 372. The summed E-state index contributed by atoms with van der Waals surface area (Å²) >= 11 is 0. The van der Waals surface area contributed by atoms with E-state index in [0.717, 1.165) is 31.7 Å². The molecule has 0 spiro atoms. The Labute approximate surface area is 104 Å². The van der Waals surface area contributed by atoms with E-state index in [1.165, 1.54) is 5.56 Å². The van der Waals surface area contributed by atoms with Crippen molar-refractivity contribution in [2.24, 2.45) is 0 Å². The van der Waals surface area contributed by atoms with Crippen molar-refractivity contribution in [3.8, 4) is 5.75 Å². The Morgan fingerprint density at radius 2 is 1.82 bits per heavy atom. The van der Waals surface area contributed by atoms with Gasteiger partial charge in [0.2, 0.25) is 0 Å². The van der Waals surface area contributed by atoms with E-state index in [0.29, 0.717) is 0 Å². The second kappa shape index (κ2) is 5.37. The van der Waals surface area contributed by atoms with Crippen LogP contribution in [0.3, 0.4) is 0 Å². The largest absolute Gasteiger partial charge is 0.494 e. The summed E-state index contributed by atoms with van der Waals surface area (Å²) in [6.07, 6.45) is 6.82. The molecular formula is C15H21NO. The van der Waals surface area contributed by atoms with Gasteiger partial charge in [0.1, 0.15) is 5.75 Å². The molecule has 0 unspecified atom stereocenters. The molecule has 1 aromatic rings. The van der Waals surface area contributed by atoms with Crippen LogP contribution in [0.25, 0.3) is 0 Å². The predicted octanol–water partition coefficient (Wildman–Crippen LogP) is 2.89. The third-order valence-electron chi connectivity index (χ3n) is 3.48. The van der Waals surface area contributed by atoms with Crippen molar-refractivity contribution in [2.75, 3.05) is 20.2 Å². The first-order valence-corrected chi connectivity index (χ1v) is 6.34. The molecule has 1 N–H and O–H groups in total. The quantitative estimate of drug-likeness (QED) is 0.787. The molecule has 2 nitrogen and oxygen atoms in total. The number of likely N-dealkylation sites (N-methyl/N-ethyl adjacent to an activating group) is 1. The van der Waals surface area contributed by atoms with Gasteiger partial charge in [-0.05, 0) is 44.5 Å². The standard InChI is InChI=1S/C15H21NO/c1-3-17-14-8-6-13(7-9-14)15(12-16-2)10-4-5-11-15/h4-9,16H,3,10-12H2,1-2H3. The minimum atomic E-state index is 0.249. The Balaban J connectivity index is 2.19. The second-order valence-electron chi connectivity index (χ2n) is 4.65. The molecule has 0 saturated carbocycles. The summed E-state index contributed by atoms with van der Waals surface area (Å²) in [6.45, 7) is 3.76. The van der Waals surface area contributed by atoms with Gasteiger partial charge in [-0.3, -0.25) is 0 Å². The summed E-state index contributed by atoms with van der Waals surface area (Å²) in [4.78, 5) is 0. The molecule has 92 valence electrons. The second-order valence-corrected chi connectivity index (χ2v) is 4.65. The Kier molecular flexibility index (Phi) is 3.85. The number of allylic oxidation sites excluding steroid dienone is 2. The van der Waals surface area contributed by atoms with E-state index < -0.39 is 0 Å². The van der Waals surface area contributed by atoms with Gasteiger partial charge in [0.25, 0.3) is 0 Å². The van der Waals surface area contributed by atoms with Crippen molar-refractivity contribution >= 4 is 0 Å². The fourth-order valence-corrected chi connectivity index (χ4v) is 2.59.